The molecule has 0 fully saturated rings. The summed E-state index contributed by atoms with van der Waals surface area (Å²) in [5.41, 5.74) is 0. The van der Waals surface area contributed by atoms with Crippen LogP contribution in [0.2, 0.25) is 5.28 Å². The molecule has 0 bridgehead atoms. The molecule has 1 aromatic rings. The van der Waals surface area contributed by atoms with Crippen molar-refractivity contribution in [2.24, 2.45) is 0 Å². The molecule has 0 unspecified atom stereocenters. The zero-order valence-electron chi connectivity index (χ0n) is 13.0. The first kappa shape index (κ1) is 17.4. The van der Waals surface area contributed by atoms with Crippen LogP contribution < -0.4 is 15.5 Å². The first-order valence-corrected chi connectivity index (χ1v) is 7.53. The molecule has 0 aliphatic carbocycles. The van der Waals surface area contributed by atoms with Crippen LogP contribution >= 0.6 is 11.6 Å². The lowest BCUT2D eigenvalue weighted by Gasteiger charge is -2.18. The second-order valence-corrected chi connectivity index (χ2v) is 5.14. The Kier molecular flexibility index (Phi) is 7.14. The van der Waals surface area contributed by atoms with Crippen LogP contribution in [0.3, 0.4) is 0 Å². The van der Waals surface area contributed by atoms with Crippen molar-refractivity contribution >= 4 is 29.4 Å². The first-order valence-electron chi connectivity index (χ1n) is 7.16. The lowest BCUT2D eigenvalue weighted by molar-refractivity contribution is -0.121. The number of carbonyl (C=O) groups excluding carboxylic acids is 1. The van der Waals surface area contributed by atoms with Crippen LogP contribution in [0.4, 0.5) is 11.9 Å². The maximum Gasteiger partial charge on any atom is 0.231 e. The summed E-state index contributed by atoms with van der Waals surface area (Å²) in [6, 6.07) is 0.137. The number of nitrogens with zero attached hydrogens (tertiary/aromatic N) is 4. The van der Waals surface area contributed by atoms with Crippen molar-refractivity contribution < 1.29 is 4.79 Å². The lowest BCUT2D eigenvalue weighted by Crippen LogP contribution is -2.31. The molecular formula is C13H23ClN6O. The van der Waals surface area contributed by atoms with Gasteiger partial charge in [-0.15, -0.1) is 0 Å². The summed E-state index contributed by atoms with van der Waals surface area (Å²) in [5.74, 6) is 0.907. The third-order valence-electron chi connectivity index (χ3n) is 2.73. The molecule has 7 nitrogen and oxygen atoms in total. The first-order chi connectivity index (χ1) is 9.96. The average Bonchev–Trinajstić information content (AvgIpc) is 2.38. The van der Waals surface area contributed by atoms with E-state index < -0.39 is 0 Å². The summed E-state index contributed by atoms with van der Waals surface area (Å²) in [6.45, 7) is 9.90. The molecule has 0 radical (unpaired) electrons. The Morgan fingerprint density at radius 3 is 2.48 bits per heavy atom. The molecule has 118 valence electrons. The molecule has 8 heteroatoms. The van der Waals surface area contributed by atoms with E-state index in [-0.39, 0.29) is 17.2 Å². The smallest absolute Gasteiger partial charge is 0.231 e. The number of anilines is 2. The van der Waals surface area contributed by atoms with E-state index in [2.05, 4.69) is 25.6 Å². The Balaban J connectivity index is 2.61. The molecule has 1 amide bonds. The molecule has 1 aromatic heterocycles. The van der Waals surface area contributed by atoms with E-state index in [1.165, 1.54) is 0 Å². The maximum absolute atomic E-state index is 11.5. The fraction of sp³-hybridized carbons (Fsp3) is 0.692. The summed E-state index contributed by atoms with van der Waals surface area (Å²) in [4.78, 5) is 26.0. The zero-order chi connectivity index (χ0) is 15.8. The van der Waals surface area contributed by atoms with Gasteiger partial charge in [-0.1, -0.05) is 0 Å². The molecule has 0 saturated carbocycles. The van der Waals surface area contributed by atoms with Gasteiger partial charge in [0.25, 0.3) is 0 Å². The molecule has 0 spiro atoms. The van der Waals surface area contributed by atoms with Gasteiger partial charge in [-0.05, 0) is 39.3 Å². The molecule has 0 aliphatic rings. The van der Waals surface area contributed by atoms with Crippen LogP contribution in [-0.4, -0.2) is 46.5 Å². The number of hydrogen-bond acceptors (Lipinski definition) is 6. The van der Waals surface area contributed by atoms with E-state index >= 15 is 0 Å². The quantitative estimate of drug-likeness (QED) is 0.760. The van der Waals surface area contributed by atoms with Crippen LogP contribution in [-0.2, 0) is 4.79 Å². The number of hydrogen-bond donors (Lipinski definition) is 2. The summed E-state index contributed by atoms with van der Waals surface area (Å²) in [5, 5.41) is 5.96. The van der Waals surface area contributed by atoms with Crippen LogP contribution in [0.15, 0.2) is 0 Å². The van der Waals surface area contributed by atoms with Gasteiger partial charge in [-0.3, -0.25) is 4.79 Å². The molecular weight excluding hydrogens is 292 g/mol. The Morgan fingerprint density at radius 2 is 1.90 bits per heavy atom. The number of carbonyl (C=O) groups is 1. The van der Waals surface area contributed by atoms with Gasteiger partial charge >= 0.3 is 0 Å². The Bertz CT molecular complexity index is 464. The Morgan fingerprint density at radius 1 is 1.24 bits per heavy atom. The van der Waals surface area contributed by atoms with Crippen LogP contribution in [0, 0.1) is 0 Å². The molecule has 0 aliphatic heterocycles. The second kappa shape index (κ2) is 8.61. The molecule has 0 saturated heterocycles. The fourth-order valence-electron chi connectivity index (χ4n) is 1.75. The predicted octanol–water partition coefficient (Wildman–Crippen LogP) is 1.70. The molecule has 1 heterocycles. The monoisotopic (exact) mass is 314 g/mol. The molecule has 21 heavy (non-hydrogen) atoms. The highest BCUT2D eigenvalue weighted by Crippen LogP contribution is 2.13. The van der Waals surface area contributed by atoms with E-state index in [4.69, 9.17) is 11.6 Å². The van der Waals surface area contributed by atoms with Gasteiger partial charge in [0.05, 0.1) is 0 Å². The largest absolute Gasteiger partial charge is 0.354 e. The third-order valence-corrected chi connectivity index (χ3v) is 2.90. The van der Waals surface area contributed by atoms with Crippen LogP contribution in [0.5, 0.6) is 0 Å². The van der Waals surface area contributed by atoms with Gasteiger partial charge in [0.15, 0.2) is 0 Å². The minimum Gasteiger partial charge on any atom is -0.354 e. The summed E-state index contributed by atoms with van der Waals surface area (Å²) >= 11 is 5.91. The van der Waals surface area contributed by atoms with E-state index in [1.54, 1.807) is 0 Å². The van der Waals surface area contributed by atoms with Crippen molar-refractivity contribution in [3.05, 3.63) is 5.28 Å². The van der Waals surface area contributed by atoms with Crippen molar-refractivity contribution in [1.82, 2.24) is 20.3 Å². The molecule has 0 atom stereocenters. The number of amides is 1. The van der Waals surface area contributed by atoms with Crippen molar-refractivity contribution in [3.8, 4) is 0 Å². The van der Waals surface area contributed by atoms with E-state index in [1.807, 2.05) is 32.6 Å². The van der Waals surface area contributed by atoms with Gasteiger partial charge < -0.3 is 15.5 Å². The highest BCUT2D eigenvalue weighted by molar-refractivity contribution is 6.28. The van der Waals surface area contributed by atoms with Crippen molar-refractivity contribution in [1.29, 1.82) is 0 Å². The molecule has 2 N–H and O–H groups in total. The number of halogens is 1. The normalized spacial score (nSPS) is 10.6. The van der Waals surface area contributed by atoms with Crippen LogP contribution in [0.1, 0.15) is 34.1 Å². The summed E-state index contributed by atoms with van der Waals surface area (Å²) in [6.07, 6.45) is 0.349. The van der Waals surface area contributed by atoms with Gasteiger partial charge in [-0.25, -0.2) is 0 Å². The zero-order valence-corrected chi connectivity index (χ0v) is 13.7. The lowest BCUT2D eigenvalue weighted by atomic mass is 10.3. The second-order valence-electron chi connectivity index (χ2n) is 4.80. The van der Waals surface area contributed by atoms with Crippen molar-refractivity contribution in [3.63, 3.8) is 0 Å². The van der Waals surface area contributed by atoms with Gasteiger partial charge in [0.1, 0.15) is 0 Å². The minimum absolute atomic E-state index is 0.0124. The SMILES string of the molecule is CCN(CC)c1nc(Cl)nc(NCCC(=O)NC(C)C)n1. The molecule has 0 aromatic carbocycles. The average molecular weight is 315 g/mol. The van der Waals surface area contributed by atoms with E-state index in [9.17, 15) is 4.79 Å². The predicted molar refractivity (Wildman–Crippen MR) is 84.8 cm³/mol. The highest BCUT2D eigenvalue weighted by atomic mass is 35.5. The van der Waals surface area contributed by atoms with Gasteiger partial charge in [-0.2, -0.15) is 15.0 Å². The topological polar surface area (TPSA) is 83.0 Å². The summed E-state index contributed by atoms with van der Waals surface area (Å²) in [7, 11) is 0. The minimum atomic E-state index is -0.0124. The van der Waals surface area contributed by atoms with Gasteiger partial charge in [0, 0.05) is 32.1 Å². The number of nitrogens with one attached hydrogen (secondary N) is 2. The summed E-state index contributed by atoms with van der Waals surface area (Å²) < 4.78 is 0. The molecule has 1 rings (SSSR count). The standard InChI is InChI=1S/C13H23ClN6O/c1-5-20(6-2)13-18-11(14)17-12(19-13)15-8-7-10(21)16-9(3)4/h9H,5-8H2,1-4H3,(H,16,21)(H,15,17,18,19). The van der Waals surface area contributed by atoms with Gasteiger partial charge in [0.2, 0.25) is 23.1 Å². The fourth-order valence-corrected chi connectivity index (χ4v) is 1.90. The number of aromatic nitrogens is 3. The van der Waals surface area contributed by atoms with Crippen molar-refractivity contribution in [2.75, 3.05) is 29.9 Å². The van der Waals surface area contributed by atoms with E-state index in [0.717, 1.165) is 13.1 Å². The number of rotatable bonds is 8. The third kappa shape index (κ3) is 6.12. The Hall–Kier alpha value is -1.63. The highest BCUT2D eigenvalue weighted by Gasteiger charge is 2.10. The van der Waals surface area contributed by atoms with Crippen LogP contribution in [0.25, 0.3) is 0 Å². The van der Waals surface area contributed by atoms with E-state index in [0.29, 0.717) is 24.9 Å². The Labute approximate surface area is 130 Å². The maximum atomic E-state index is 11.5. The van der Waals surface area contributed by atoms with Crippen molar-refractivity contribution in [2.45, 2.75) is 40.2 Å².